The standard InChI is InChI=1S/C18H22FN5O3/c1-12(2)27-11-3-8-20-16(25)15-17(26)24-10-9-23(18(24)22-21-15)14-6-4-13(19)5-7-14/h4-7,12H,3,8-11H2,1-2H3,(H,20,25). The van der Waals surface area contributed by atoms with Gasteiger partial charge >= 0.3 is 0 Å². The van der Waals surface area contributed by atoms with E-state index < -0.39 is 11.5 Å². The van der Waals surface area contributed by atoms with Crippen molar-refractivity contribution in [2.24, 2.45) is 0 Å². The Morgan fingerprint density at radius 1 is 1.26 bits per heavy atom. The van der Waals surface area contributed by atoms with Crippen LogP contribution in [0.2, 0.25) is 0 Å². The van der Waals surface area contributed by atoms with Crippen LogP contribution in [-0.2, 0) is 11.3 Å². The molecule has 2 aromatic rings. The number of anilines is 2. The van der Waals surface area contributed by atoms with E-state index in [0.717, 1.165) is 0 Å². The number of benzene rings is 1. The summed E-state index contributed by atoms with van der Waals surface area (Å²) < 4.78 is 19.9. The largest absolute Gasteiger partial charge is 0.379 e. The number of ether oxygens (including phenoxy) is 1. The van der Waals surface area contributed by atoms with Gasteiger partial charge in [-0.25, -0.2) is 4.39 Å². The monoisotopic (exact) mass is 375 g/mol. The molecule has 0 radical (unpaired) electrons. The molecule has 1 aliphatic heterocycles. The number of fused-ring (bicyclic) bond motifs is 1. The van der Waals surface area contributed by atoms with Gasteiger partial charge < -0.3 is 15.0 Å². The molecule has 27 heavy (non-hydrogen) atoms. The van der Waals surface area contributed by atoms with Crippen LogP contribution >= 0.6 is 0 Å². The third-order valence-electron chi connectivity index (χ3n) is 4.13. The second kappa shape index (κ2) is 8.26. The Bertz CT molecular complexity index is 866. The van der Waals surface area contributed by atoms with Crippen molar-refractivity contribution < 1.29 is 13.9 Å². The molecule has 0 spiro atoms. The minimum atomic E-state index is -0.549. The molecule has 0 aliphatic carbocycles. The summed E-state index contributed by atoms with van der Waals surface area (Å²) in [6, 6.07) is 5.90. The summed E-state index contributed by atoms with van der Waals surface area (Å²) in [5.41, 5.74) is -0.0104. The van der Waals surface area contributed by atoms with Gasteiger partial charge in [0.05, 0.1) is 6.10 Å². The Kier molecular flexibility index (Phi) is 5.80. The third-order valence-corrected chi connectivity index (χ3v) is 4.13. The van der Waals surface area contributed by atoms with Gasteiger partial charge in [-0.15, -0.1) is 10.2 Å². The van der Waals surface area contributed by atoms with Crippen LogP contribution < -0.4 is 15.8 Å². The molecule has 3 rings (SSSR count). The maximum Gasteiger partial charge on any atom is 0.286 e. The minimum absolute atomic E-state index is 0.136. The summed E-state index contributed by atoms with van der Waals surface area (Å²) in [6.07, 6.45) is 0.777. The van der Waals surface area contributed by atoms with E-state index in [1.807, 2.05) is 13.8 Å². The van der Waals surface area contributed by atoms with Crippen molar-refractivity contribution in [3.05, 3.63) is 46.1 Å². The molecule has 2 heterocycles. The van der Waals surface area contributed by atoms with Gasteiger partial charge in [-0.2, -0.15) is 0 Å². The van der Waals surface area contributed by atoms with E-state index in [1.54, 1.807) is 17.0 Å². The van der Waals surface area contributed by atoms with E-state index in [9.17, 15) is 14.0 Å². The Labute approximate surface area is 156 Å². The highest BCUT2D eigenvalue weighted by molar-refractivity contribution is 5.91. The maximum absolute atomic E-state index is 13.1. The normalized spacial score (nSPS) is 13.1. The first kappa shape index (κ1) is 19.0. The lowest BCUT2D eigenvalue weighted by Gasteiger charge is -2.16. The van der Waals surface area contributed by atoms with Crippen LogP contribution in [0.1, 0.15) is 30.8 Å². The highest BCUT2D eigenvalue weighted by atomic mass is 19.1. The molecular weight excluding hydrogens is 353 g/mol. The number of rotatable bonds is 7. The van der Waals surface area contributed by atoms with Gasteiger partial charge in [-0.3, -0.25) is 14.2 Å². The summed E-state index contributed by atoms with van der Waals surface area (Å²) >= 11 is 0. The molecule has 1 aliphatic rings. The number of hydrogen-bond acceptors (Lipinski definition) is 6. The van der Waals surface area contributed by atoms with Crippen molar-refractivity contribution in [1.29, 1.82) is 0 Å². The maximum atomic E-state index is 13.1. The van der Waals surface area contributed by atoms with Crippen molar-refractivity contribution in [3.63, 3.8) is 0 Å². The molecule has 1 aromatic carbocycles. The van der Waals surface area contributed by atoms with Crippen molar-refractivity contribution >= 4 is 17.5 Å². The molecule has 144 valence electrons. The number of carbonyl (C=O) groups excluding carboxylic acids is 1. The molecule has 1 N–H and O–H groups in total. The van der Waals surface area contributed by atoms with Crippen LogP contribution in [-0.4, -0.2) is 46.5 Å². The Morgan fingerprint density at radius 3 is 2.70 bits per heavy atom. The van der Waals surface area contributed by atoms with Gasteiger partial charge in [0.15, 0.2) is 0 Å². The zero-order valence-corrected chi connectivity index (χ0v) is 15.3. The third kappa shape index (κ3) is 4.30. The summed E-state index contributed by atoms with van der Waals surface area (Å²) in [5.74, 6) is -0.548. The lowest BCUT2D eigenvalue weighted by molar-refractivity contribution is 0.0756. The van der Waals surface area contributed by atoms with E-state index in [2.05, 4.69) is 15.5 Å². The van der Waals surface area contributed by atoms with Crippen molar-refractivity contribution in [1.82, 2.24) is 20.1 Å². The lowest BCUT2D eigenvalue weighted by atomic mass is 10.3. The molecule has 8 nitrogen and oxygen atoms in total. The van der Waals surface area contributed by atoms with Gasteiger partial charge in [-0.1, -0.05) is 0 Å². The van der Waals surface area contributed by atoms with Crippen molar-refractivity contribution in [2.45, 2.75) is 32.9 Å². The molecule has 0 fully saturated rings. The first-order valence-corrected chi connectivity index (χ1v) is 8.88. The molecular formula is C18H22FN5O3. The van der Waals surface area contributed by atoms with E-state index in [4.69, 9.17) is 4.74 Å². The number of nitrogens with zero attached hydrogens (tertiary/aromatic N) is 4. The van der Waals surface area contributed by atoms with Gasteiger partial charge in [0, 0.05) is 31.9 Å². The fourth-order valence-corrected chi connectivity index (χ4v) is 2.80. The lowest BCUT2D eigenvalue weighted by Crippen LogP contribution is -2.35. The summed E-state index contributed by atoms with van der Waals surface area (Å²) in [5, 5.41) is 10.5. The molecule has 0 atom stereocenters. The average molecular weight is 375 g/mol. The molecule has 0 bridgehead atoms. The van der Waals surface area contributed by atoms with Gasteiger partial charge in [0.1, 0.15) is 5.82 Å². The quantitative estimate of drug-likeness (QED) is 0.738. The fraction of sp³-hybridized carbons (Fsp3) is 0.444. The number of nitrogens with one attached hydrogen (secondary N) is 1. The first-order chi connectivity index (χ1) is 13.0. The summed E-state index contributed by atoms with van der Waals surface area (Å²) in [4.78, 5) is 26.6. The second-order valence-corrected chi connectivity index (χ2v) is 6.46. The zero-order chi connectivity index (χ0) is 19.4. The van der Waals surface area contributed by atoms with Crippen LogP contribution in [0.15, 0.2) is 29.1 Å². The molecule has 0 saturated heterocycles. The molecule has 1 aromatic heterocycles. The minimum Gasteiger partial charge on any atom is -0.379 e. The number of halogens is 1. The smallest absolute Gasteiger partial charge is 0.286 e. The van der Waals surface area contributed by atoms with Crippen LogP contribution in [0.4, 0.5) is 16.0 Å². The van der Waals surface area contributed by atoms with E-state index >= 15 is 0 Å². The Hall–Kier alpha value is -2.81. The topological polar surface area (TPSA) is 89.3 Å². The van der Waals surface area contributed by atoms with Crippen LogP contribution in [0.5, 0.6) is 0 Å². The number of amides is 1. The van der Waals surface area contributed by atoms with Crippen LogP contribution in [0.25, 0.3) is 0 Å². The Morgan fingerprint density at radius 2 is 2.00 bits per heavy atom. The van der Waals surface area contributed by atoms with E-state index in [0.29, 0.717) is 44.3 Å². The van der Waals surface area contributed by atoms with Crippen LogP contribution in [0, 0.1) is 5.82 Å². The highest BCUT2D eigenvalue weighted by Crippen LogP contribution is 2.26. The fourth-order valence-electron chi connectivity index (χ4n) is 2.80. The SMILES string of the molecule is CC(C)OCCCNC(=O)c1nnc2n(c1=O)CCN2c1ccc(F)cc1. The van der Waals surface area contributed by atoms with Crippen LogP contribution in [0.3, 0.4) is 0 Å². The predicted molar refractivity (Wildman–Crippen MR) is 97.7 cm³/mol. The summed E-state index contributed by atoms with van der Waals surface area (Å²) in [6.45, 7) is 5.66. The molecule has 9 heteroatoms. The van der Waals surface area contributed by atoms with Crippen molar-refractivity contribution in [2.75, 3.05) is 24.6 Å². The van der Waals surface area contributed by atoms with Gasteiger partial charge in [0.2, 0.25) is 11.6 Å². The predicted octanol–water partition coefficient (Wildman–Crippen LogP) is 1.47. The van der Waals surface area contributed by atoms with E-state index in [1.165, 1.54) is 16.7 Å². The van der Waals surface area contributed by atoms with Crippen molar-refractivity contribution in [3.8, 4) is 0 Å². The Balaban J connectivity index is 1.69. The average Bonchev–Trinajstić information content (AvgIpc) is 3.07. The first-order valence-electron chi connectivity index (χ1n) is 8.88. The van der Waals surface area contributed by atoms with Gasteiger partial charge in [0.25, 0.3) is 11.5 Å². The van der Waals surface area contributed by atoms with Gasteiger partial charge in [-0.05, 0) is 44.5 Å². The highest BCUT2D eigenvalue weighted by Gasteiger charge is 2.27. The molecule has 0 unspecified atom stereocenters. The van der Waals surface area contributed by atoms with E-state index in [-0.39, 0.29) is 17.6 Å². The molecule has 0 saturated carbocycles. The number of carbonyl (C=O) groups is 1. The second-order valence-electron chi connectivity index (χ2n) is 6.46. The molecule has 1 amide bonds. The zero-order valence-electron chi connectivity index (χ0n) is 15.3. The summed E-state index contributed by atoms with van der Waals surface area (Å²) in [7, 11) is 0. The number of hydrogen-bond donors (Lipinski definition) is 1. The number of aromatic nitrogens is 3.